The van der Waals surface area contributed by atoms with E-state index in [1.54, 1.807) is 4.90 Å². The summed E-state index contributed by atoms with van der Waals surface area (Å²) in [6, 6.07) is 3.55. The Hall–Kier alpha value is -1.83. The Morgan fingerprint density at radius 1 is 1.43 bits per heavy atom. The Morgan fingerprint density at radius 3 is 2.76 bits per heavy atom. The molecule has 1 aromatic rings. The van der Waals surface area contributed by atoms with Crippen LogP contribution in [0.5, 0.6) is 5.75 Å². The lowest BCUT2D eigenvalue weighted by Gasteiger charge is -2.33. The molecule has 0 aromatic heterocycles. The maximum absolute atomic E-state index is 12.7. The smallest absolute Gasteiger partial charge is 0.393 e. The molecule has 0 bridgehead atoms. The fraction of sp³-hybridized carbons (Fsp3) is 0.538. The number of nitrogens with zero attached hydrogens (tertiary/aromatic N) is 2. The molecular weight excluding hydrogens is 289 g/mol. The molecule has 116 valence electrons. The highest BCUT2D eigenvalue weighted by molar-refractivity contribution is 5.42. The number of non-ortho nitro benzene ring substituents is 1. The average molecular weight is 304 g/mol. The average Bonchev–Trinajstić information content (AvgIpc) is 2.40. The van der Waals surface area contributed by atoms with Gasteiger partial charge in [-0.15, -0.1) is 0 Å². The normalized spacial score (nSPS) is 20.4. The number of phenols is 1. The van der Waals surface area contributed by atoms with Gasteiger partial charge in [-0.25, -0.2) is 0 Å². The molecule has 1 aliphatic heterocycles. The van der Waals surface area contributed by atoms with Gasteiger partial charge < -0.3 is 5.11 Å². The first kappa shape index (κ1) is 15.6. The van der Waals surface area contributed by atoms with Crippen LogP contribution in [0.3, 0.4) is 0 Å². The van der Waals surface area contributed by atoms with Crippen LogP contribution in [0.15, 0.2) is 18.2 Å². The van der Waals surface area contributed by atoms with E-state index < -0.39 is 17.0 Å². The first-order valence-electron chi connectivity index (χ1n) is 6.52. The predicted molar refractivity (Wildman–Crippen MR) is 68.8 cm³/mol. The molecule has 1 heterocycles. The minimum absolute atomic E-state index is 0.0695. The third-order valence-electron chi connectivity index (χ3n) is 3.64. The quantitative estimate of drug-likeness (QED) is 0.688. The van der Waals surface area contributed by atoms with Gasteiger partial charge in [0.1, 0.15) is 5.75 Å². The van der Waals surface area contributed by atoms with Crippen molar-refractivity contribution in [2.24, 2.45) is 5.92 Å². The second kappa shape index (κ2) is 5.88. The lowest BCUT2D eigenvalue weighted by molar-refractivity contribution is -0.385. The number of phenolic OH excluding ortho intramolecular Hbond substituents is 1. The van der Waals surface area contributed by atoms with Gasteiger partial charge in [0, 0.05) is 30.8 Å². The van der Waals surface area contributed by atoms with Crippen molar-refractivity contribution in [3.05, 3.63) is 33.9 Å². The molecule has 0 amide bonds. The molecule has 1 aromatic carbocycles. The van der Waals surface area contributed by atoms with Crippen molar-refractivity contribution >= 4 is 5.69 Å². The van der Waals surface area contributed by atoms with E-state index in [0.29, 0.717) is 13.0 Å². The van der Waals surface area contributed by atoms with Crippen LogP contribution in [0, 0.1) is 16.0 Å². The lowest BCUT2D eigenvalue weighted by atomic mass is 9.97. The van der Waals surface area contributed by atoms with Crippen molar-refractivity contribution in [3.8, 4) is 5.75 Å². The lowest BCUT2D eigenvalue weighted by Crippen LogP contribution is -2.41. The van der Waals surface area contributed by atoms with Crippen molar-refractivity contribution in [2.45, 2.75) is 25.6 Å². The van der Waals surface area contributed by atoms with Gasteiger partial charge >= 0.3 is 6.18 Å². The fourth-order valence-electron chi connectivity index (χ4n) is 2.52. The summed E-state index contributed by atoms with van der Waals surface area (Å²) in [7, 11) is 0. The zero-order valence-electron chi connectivity index (χ0n) is 11.1. The molecule has 0 radical (unpaired) electrons. The maximum Gasteiger partial charge on any atom is 0.393 e. The first-order chi connectivity index (χ1) is 9.77. The highest BCUT2D eigenvalue weighted by Crippen LogP contribution is 2.34. The second-order valence-corrected chi connectivity index (χ2v) is 5.19. The minimum atomic E-state index is -4.23. The number of benzene rings is 1. The molecule has 8 heteroatoms. The van der Waals surface area contributed by atoms with Crippen molar-refractivity contribution < 1.29 is 23.2 Å². The van der Waals surface area contributed by atoms with Crippen LogP contribution in [-0.4, -0.2) is 34.2 Å². The van der Waals surface area contributed by atoms with E-state index in [4.69, 9.17) is 0 Å². The number of hydrogen-bond donors (Lipinski definition) is 1. The van der Waals surface area contributed by atoms with Gasteiger partial charge in [-0.05, 0) is 25.5 Å². The number of halogens is 3. The third-order valence-corrected chi connectivity index (χ3v) is 3.64. The van der Waals surface area contributed by atoms with E-state index in [9.17, 15) is 28.4 Å². The molecule has 0 saturated carbocycles. The number of rotatable bonds is 3. The van der Waals surface area contributed by atoms with Crippen LogP contribution in [0.1, 0.15) is 18.4 Å². The van der Waals surface area contributed by atoms with Crippen LogP contribution >= 0.6 is 0 Å². The van der Waals surface area contributed by atoms with Crippen LogP contribution in [0.2, 0.25) is 0 Å². The fourth-order valence-corrected chi connectivity index (χ4v) is 2.52. The molecule has 1 saturated heterocycles. The van der Waals surface area contributed by atoms with Gasteiger partial charge in [-0.2, -0.15) is 13.2 Å². The largest absolute Gasteiger partial charge is 0.508 e. The van der Waals surface area contributed by atoms with Gasteiger partial charge in [0.15, 0.2) is 0 Å². The summed E-state index contributed by atoms with van der Waals surface area (Å²) in [5.74, 6) is -1.53. The van der Waals surface area contributed by atoms with E-state index in [0.717, 1.165) is 6.07 Å². The number of likely N-dealkylation sites (tertiary alicyclic amines) is 1. The van der Waals surface area contributed by atoms with E-state index in [1.807, 2.05) is 0 Å². The number of nitro groups is 1. The van der Waals surface area contributed by atoms with Crippen LogP contribution in [0.4, 0.5) is 18.9 Å². The SMILES string of the molecule is O=[N+]([O-])c1ccc(O)c(CN2CCC[C@H](C(F)(F)F)C2)c1. The second-order valence-electron chi connectivity index (χ2n) is 5.19. The number of nitro benzene ring substituents is 1. The van der Waals surface area contributed by atoms with Crippen molar-refractivity contribution in [1.29, 1.82) is 0 Å². The zero-order chi connectivity index (χ0) is 15.6. The topological polar surface area (TPSA) is 66.6 Å². The predicted octanol–water partition coefficient (Wildman–Crippen LogP) is 3.07. The molecule has 1 N–H and O–H groups in total. The van der Waals surface area contributed by atoms with E-state index in [1.165, 1.54) is 12.1 Å². The van der Waals surface area contributed by atoms with Gasteiger partial charge in [0.05, 0.1) is 10.8 Å². The van der Waals surface area contributed by atoms with Gasteiger partial charge in [-0.3, -0.25) is 15.0 Å². The van der Waals surface area contributed by atoms with Crippen molar-refractivity contribution in [1.82, 2.24) is 4.90 Å². The molecule has 5 nitrogen and oxygen atoms in total. The summed E-state index contributed by atoms with van der Waals surface area (Å²) in [6.45, 7) is 0.403. The first-order valence-corrected chi connectivity index (χ1v) is 6.52. The molecule has 0 aliphatic carbocycles. The summed E-state index contributed by atoms with van der Waals surface area (Å²) >= 11 is 0. The van der Waals surface area contributed by atoms with E-state index >= 15 is 0 Å². The number of piperidine rings is 1. The van der Waals surface area contributed by atoms with Crippen LogP contribution < -0.4 is 0 Å². The maximum atomic E-state index is 12.7. The number of hydrogen-bond acceptors (Lipinski definition) is 4. The summed E-state index contributed by atoms with van der Waals surface area (Å²) in [4.78, 5) is 11.7. The van der Waals surface area contributed by atoms with E-state index in [2.05, 4.69) is 0 Å². The Morgan fingerprint density at radius 2 is 2.14 bits per heavy atom. The summed E-state index contributed by atoms with van der Waals surface area (Å²) in [5, 5.41) is 20.4. The monoisotopic (exact) mass is 304 g/mol. The van der Waals surface area contributed by atoms with Crippen molar-refractivity contribution in [3.63, 3.8) is 0 Å². The molecule has 0 unspecified atom stereocenters. The Bertz CT molecular complexity index is 534. The number of alkyl halides is 3. The van der Waals surface area contributed by atoms with E-state index in [-0.39, 0.29) is 36.5 Å². The summed E-state index contributed by atoms with van der Waals surface area (Å²) in [6.07, 6.45) is -3.72. The Kier molecular flexibility index (Phi) is 4.36. The van der Waals surface area contributed by atoms with Gasteiger partial charge in [-0.1, -0.05) is 0 Å². The molecule has 1 fully saturated rings. The zero-order valence-corrected chi connectivity index (χ0v) is 11.1. The molecule has 0 spiro atoms. The van der Waals surface area contributed by atoms with Crippen LogP contribution in [0.25, 0.3) is 0 Å². The van der Waals surface area contributed by atoms with Gasteiger partial charge in [0.25, 0.3) is 5.69 Å². The Labute approximate surface area is 119 Å². The van der Waals surface area contributed by atoms with Crippen molar-refractivity contribution in [2.75, 3.05) is 13.1 Å². The number of aromatic hydroxyl groups is 1. The molecule has 2 rings (SSSR count). The summed E-state index contributed by atoms with van der Waals surface area (Å²) < 4.78 is 38.2. The van der Waals surface area contributed by atoms with Gasteiger partial charge in [0.2, 0.25) is 0 Å². The van der Waals surface area contributed by atoms with Crippen LogP contribution in [-0.2, 0) is 6.54 Å². The Balaban J connectivity index is 2.11. The highest BCUT2D eigenvalue weighted by Gasteiger charge is 2.41. The minimum Gasteiger partial charge on any atom is -0.508 e. The standard InChI is InChI=1S/C13H15F3N2O3/c14-13(15,16)10-2-1-5-17(8-10)7-9-6-11(18(20)21)3-4-12(9)19/h3-4,6,10,19H,1-2,5,7-8H2/t10-/m0/s1. The molecule has 21 heavy (non-hydrogen) atoms. The third kappa shape index (κ3) is 3.84. The molecule has 1 aliphatic rings. The molecule has 1 atom stereocenters. The highest BCUT2D eigenvalue weighted by atomic mass is 19.4. The molecular formula is C13H15F3N2O3. The summed E-state index contributed by atoms with van der Waals surface area (Å²) in [5.41, 5.74) is 0.0826.